The number of halogens is 2. The van der Waals surface area contributed by atoms with Gasteiger partial charge in [-0.3, -0.25) is 4.79 Å². The van der Waals surface area contributed by atoms with E-state index in [0.29, 0.717) is 5.13 Å². The molecule has 2 rings (SSSR count). The second kappa shape index (κ2) is 6.87. The maximum Gasteiger partial charge on any atom is 0.250 e. The van der Waals surface area contributed by atoms with Crippen LogP contribution in [0.25, 0.3) is 0 Å². The predicted molar refractivity (Wildman–Crippen MR) is 93.1 cm³/mol. The quantitative estimate of drug-likeness (QED) is 0.838. The van der Waals surface area contributed by atoms with Crippen LogP contribution in [0.5, 0.6) is 0 Å². The molecule has 0 aliphatic rings. The number of benzene rings is 1. The van der Waals surface area contributed by atoms with Gasteiger partial charge < -0.3 is 11.1 Å². The number of aryl methyl sites for hydroxylation is 2. The van der Waals surface area contributed by atoms with Gasteiger partial charge in [-0.1, -0.05) is 28.1 Å². The van der Waals surface area contributed by atoms with Crippen molar-refractivity contribution >= 4 is 50.7 Å². The first-order valence-electron chi connectivity index (χ1n) is 6.11. The molecule has 1 amide bonds. The summed E-state index contributed by atoms with van der Waals surface area (Å²) in [5.41, 5.74) is 6.75. The Kier molecular flexibility index (Phi) is 5.92. The Morgan fingerprint density at radius 1 is 1.33 bits per heavy atom. The van der Waals surface area contributed by atoms with Crippen molar-refractivity contribution in [3.05, 3.63) is 44.9 Å². The number of hydrogen-bond acceptors (Lipinski definition) is 4. The Labute approximate surface area is 142 Å². The van der Waals surface area contributed by atoms with Gasteiger partial charge in [-0.15, -0.1) is 23.7 Å². The number of carbonyl (C=O) groups excluding carboxylic acids is 1. The number of thiazole rings is 1. The van der Waals surface area contributed by atoms with Gasteiger partial charge in [0.05, 0.1) is 5.69 Å². The fraction of sp³-hybridized carbons (Fsp3) is 0.286. The number of aromatic nitrogens is 1. The Morgan fingerprint density at radius 3 is 2.38 bits per heavy atom. The van der Waals surface area contributed by atoms with E-state index in [-0.39, 0.29) is 18.3 Å². The standard InChI is InChI=1S/C14H16BrN3OS.ClH/c1-8-9(2)20-13(17-8)18-12(19)14(3,16)10-4-6-11(15)7-5-10;/h4-7H,16H2,1-3H3,(H,17,18,19);1H. The normalized spacial score (nSPS) is 13.2. The molecule has 1 aromatic carbocycles. The summed E-state index contributed by atoms with van der Waals surface area (Å²) in [5.74, 6) is -0.270. The zero-order chi connectivity index (χ0) is 14.9. The lowest BCUT2D eigenvalue weighted by atomic mass is 9.92. The van der Waals surface area contributed by atoms with E-state index in [1.807, 2.05) is 38.1 Å². The van der Waals surface area contributed by atoms with Gasteiger partial charge >= 0.3 is 0 Å². The summed E-state index contributed by atoms with van der Waals surface area (Å²) < 4.78 is 0.948. The minimum atomic E-state index is -1.10. The smallest absolute Gasteiger partial charge is 0.250 e. The molecule has 7 heteroatoms. The lowest BCUT2D eigenvalue weighted by Gasteiger charge is -2.23. The van der Waals surface area contributed by atoms with Crippen LogP contribution in [0.4, 0.5) is 5.13 Å². The molecule has 2 aromatic rings. The number of anilines is 1. The monoisotopic (exact) mass is 389 g/mol. The van der Waals surface area contributed by atoms with E-state index in [0.717, 1.165) is 20.6 Å². The zero-order valence-electron chi connectivity index (χ0n) is 11.9. The third-order valence-electron chi connectivity index (χ3n) is 3.16. The minimum Gasteiger partial charge on any atom is -0.314 e. The molecule has 0 radical (unpaired) electrons. The van der Waals surface area contributed by atoms with Crippen LogP contribution < -0.4 is 11.1 Å². The topological polar surface area (TPSA) is 68.0 Å². The number of hydrogen-bond donors (Lipinski definition) is 2. The van der Waals surface area contributed by atoms with Gasteiger partial charge in [-0.2, -0.15) is 0 Å². The largest absolute Gasteiger partial charge is 0.314 e. The van der Waals surface area contributed by atoms with E-state index in [1.54, 1.807) is 6.92 Å². The van der Waals surface area contributed by atoms with Gasteiger partial charge in [0.2, 0.25) is 0 Å². The molecule has 21 heavy (non-hydrogen) atoms. The van der Waals surface area contributed by atoms with Crippen LogP contribution in [0, 0.1) is 13.8 Å². The SMILES string of the molecule is Cc1nc(NC(=O)C(C)(N)c2ccc(Br)cc2)sc1C.Cl. The maximum absolute atomic E-state index is 12.4. The van der Waals surface area contributed by atoms with Crippen molar-refractivity contribution in [2.45, 2.75) is 26.3 Å². The Balaban J connectivity index is 0.00000220. The van der Waals surface area contributed by atoms with Crippen molar-refractivity contribution in [1.82, 2.24) is 4.98 Å². The van der Waals surface area contributed by atoms with E-state index in [2.05, 4.69) is 26.2 Å². The molecule has 0 bridgehead atoms. The van der Waals surface area contributed by atoms with Crippen LogP contribution in [-0.2, 0) is 10.3 Å². The molecule has 3 N–H and O–H groups in total. The molecule has 1 atom stereocenters. The summed E-state index contributed by atoms with van der Waals surface area (Å²) in [4.78, 5) is 17.7. The van der Waals surface area contributed by atoms with E-state index in [4.69, 9.17) is 5.73 Å². The summed E-state index contributed by atoms with van der Waals surface area (Å²) in [6.07, 6.45) is 0. The summed E-state index contributed by atoms with van der Waals surface area (Å²) >= 11 is 4.81. The first-order valence-corrected chi connectivity index (χ1v) is 7.72. The number of rotatable bonds is 3. The highest BCUT2D eigenvalue weighted by molar-refractivity contribution is 9.10. The predicted octanol–water partition coefficient (Wildman–Crippen LogP) is 3.76. The van der Waals surface area contributed by atoms with E-state index >= 15 is 0 Å². The average molecular weight is 391 g/mol. The molecule has 0 aliphatic heterocycles. The molecule has 1 aromatic heterocycles. The number of nitrogens with one attached hydrogen (secondary N) is 1. The molecular weight excluding hydrogens is 374 g/mol. The number of carbonyl (C=O) groups is 1. The van der Waals surface area contributed by atoms with Crippen molar-refractivity contribution in [3.8, 4) is 0 Å². The number of amides is 1. The maximum atomic E-state index is 12.4. The van der Waals surface area contributed by atoms with Crippen LogP contribution in [0.1, 0.15) is 23.1 Å². The Bertz CT molecular complexity index is 621. The highest BCUT2D eigenvalue weighted by Gasteiger charge is 2.31. The van der Waals surface area contributed by atoms with Crippen LogP contribution in [-0.4, -0.2) is 10.9 Å². The van der Waals surface area contributed by atoms with Gasteiger partial charge in [0.25, 0.3) is 5.91 Å². The zero-order valence-corrected chi connectivity index (χ0v) is 15.2. The van der Waals surface area contributed by atoms with E-state index in [9.17, 15) is 4.79 Å². The average Bonchev–Trinajstić information content (AvgIpc) is 2.68. The van der Waals surface area contributed by atoms with Gasteiger partial charge in [0.15, 0.2) is 5.13 Å². The molecule has 1 unspecified atom stereocenters. The van der Waals surface area contributed by atoms with Crippen molar-refractivity contribution in [2.75, 3.05) is 5.32 Å². The summed E-state index contributed by atoms with van der Waals surface area (Å²) in [6.45, 7) is 5.58. The van der Waals surface area contributed by atoms with Crippen molar-refractivity contribution in [3.63, 3.8) is 0 Å². The van der Waals surface area contributed by atoms with Crippen LogP contribution in [0.3, 0.4) is 0 Å². The minimum absolute atomic E-state index is 0. The van der Waals surface area contributed by atoms with Crippen LogP contribution in [0.15, 0.2) is 28.7 Å². The molecule has 0 aliphatic carbocycles. The van der Waals surface area contributed by atoms with Crippen molar-refractivity contribution in [2.24, 2.45) is 5.73 Å². The second-order valence-electron chi connectivity index (χ2n) is 4.82. The van der Waals surface area contributed by atoms with Gasteiger partial charge in [0.1, 0.15) is 5.54 Å². The molecule has 4 nitrogen and oxygen atoms in total. The molecule has 0 saturated heterocycles. The lowest BCUT2D eigenvalue weighted by molar-refractivity contribution is -0.120. The summed E-state index contributed by atoms with van der Waals surface area (Å²) in [5, 5.41) is 3.37. The fourth-order valence-electron chi connectivity index (χ4n) is 1.68. The first kappa shape index (κ1) is 18.1. The lowest BCUT2D eigenvalue weighted by Crippen LogP contribution is -2.45. The summed E-state index contributed by atoms with van der Waals surface area (Å²) in [7, 11) is 0. The molecule has 0 saturated carbocycles. The summed E-state index contributed by atoms with van der Waals surface area (Å²) in [6, 6.07) is 7.40. The Hall–Kier alpha value is -0.950. The van der Waals surface area contributed by atoms with E-state index in [1.165, 1.54) is 11.3 Å². The highest BCUT2D eigenvalue weighted by Crippen LogP contribution is 2.25. The molecule has 0 fully saturated rings. The Morgan fingerprint density at radius 2 is 1.90 bits per heavy atom. The number of nitrogens with two attached hydrogens (primary N) is 1. The van der Waals surface area contributed by atoms with Gasteiger partial charge in [-0.05, 0) is 38.5 Å². The van der Waals surface area contributed by atoms with Crippen LogP contribution >= 0.6 is 39.7 Å². The third-order valence-corrected chi connectivity index (χ3v) is 4.68. The highest BCUT2D eigenvalue weighted by atomic mass is 79.9. The fourth-order valence-corrected chi connectivity index (χ4v) is 2.75. The molecule has 0 spiro atoms. The first-order chi connectivity index (χ1) is 9.30. The molecule has 114 valence electrons. The second-order valence-corrected chi connectivity index (χ2v) is 6.94. The third kappa shape index (κ3) is 4.03. The number of nitrogens with zero attached hydrogens (tertiary/aromatic N) is 1. The van der Waals surface area contributed by atoms with E-state index < -0.39 is 5.54 Å². The molecule has 1 heterocycles. The van der Waals surface area contributed by atoms with Gasteiger partial charge in [0, 0.05) is 9.35 Å². The van der Waals surface area contributed by atoms with Crippen molar-refractivity contribution < 1.29 is 4.79 Å². The van der Waals surface area contributed by atoms with Crippen LogP contribution in [0.2, 0.25) is 0 Å². The van der Waals surface area contributed by atoms with Gasteiger partial charge in [-0.25, -0.2) is 4.98 Å². The van der Waals surface area contributed by atoms with Crippen molar-refractivity contribution in [1.29, 1.82) is 0 Å². The molecular formula is C14H17BrClN3OS.